The molecule has 0 spiro atoms. The number of benzene rings is 1. The van der Waals surface area contributed by atoms with Gasteiger partial charge < -0.3 is 10.1 Å². The van der Waals surface area contributed by atoms with E-state index in [1.165, 1.54) is 16.7 Å². The van der Waals surface area contributed by atoms with Crippen LogP contribution in [0.1, 0.15) is 23.6 Å². The van der Waals surface area contributed by atoms with Gasteiger partial charge in [-0.1, -0.05) is 36.2 Å². The van der Waals surface area contributed by atoms with Crippen LogP contribution in [0.4, 0.5) is 0 Å². The molecule has 1 N–H and O–H groups in total. The smallest absolute Gasteiger partial charge is 0.0499 e. The van der Waals surface area contributed by atoms with Gasteiger partial charge in [-0.3, -0.25) is 0 Å². The molecule has 2 heteroatoms. The Kier molecular flexibility index (Phi) is 5.50. The van der Waals surface area contributed by atoms with Gasteiger partial charge in [0.05, 0.1) is 0 Å². The van der Waals surface area contributed by atoms with Crippen molar-refractivity contribution in [3.05, 3.63) is 34.9 Å². The molecule has 1 aromatic carbocycles. The molecule has 1 aromatic rings. The molecule has 0 aliphatic carbocycles. The fraction of sp³-hybridized carbons (Fsp3) is 0.571. The average Bonchev–Trinajstić information content (AvgIpc) is 2.16. The highest BCUT2D eigenvalue weighted by atomic mass is 16.5. The van der Waals surface area contributed by atoms with Crippen LogP contribution in [-0.4, -0.2) is 20.3 Å². The molecule has 0 heterocycles. The van der Waals surface area contributed by atoms with Gasteiger partial charge in [0.1, 0.15) is 0 Å². The highest BCUT2D eigenvalue weighted by Crippen LogP contribution is 2.08. The number of methoxy groups -OCH3 is 1. The lowest BCUT2D eigenvalue weighted by atomic mass is 10.1. The van der Waals surface area contributed by atoms with E-state index in [1.807, 2.05) is 0 Å². The van der Waals surface area contributed by atoms with Gasteiger partial charge in [0.25, 0.3) is 0 Å². The van der Waals surface area contributed by atoms with Crippen LogP contribution in [0, 0.1) is 19.8 Å². The van der Waals surface area contributed by atoms with Gasteiger partial charge in [-0.15, -0.1) is 0 Å². The van der Waals surface area contributed by atoms with Crippen LogP contribution in [0.3, 0.4) is 0 Å². The lowest BCUT2D eigenvalue weighted by Crippen LogP contribution is -2.23. The van der Waals surface area contributed by atoms with Crippen LogP contribution < -0.4 is 5.32 Å². The third-order valence-corrected chi connectivity index (χ3v) is 2.55. The molecular formula is C14H23NO. The van der Waals surface area contributed by atoms with Gasteiger partial charge in [0, 0.05) is 26.8 Å². The van der Waals surface area contributed by atoms with Crippen molar-refractivity contribution in [2.45, 2.75) is 27.3 Å². The quantitative estimate of drug-likeness (QED) is 0.797. The first-order valence-electron chi connectivity index (χ1n) is 5.88. The molecule has 16 heavy (non-hydrogen) atoms. The molecule has 0 saturated heterocycles. The molecule has 0 radical (unpaired) electrons. The van der Waals surface area contributed by atoms with Gasteiger partial charge in [0.2, 0.25) is 0 Å². The number of hydrogen-bond acceptors (Lipinski definition) is 2. The highest BCUT2D eigenvalue weighted by Gasteiger charge is 2.01. The van der Waals surface area contributed by atoms with Crippen molar-refractivity contribution < 1.29 is 4.74 Å². The molecule has 2 nitrogen and oxygen atoms in total. The topological polar surface area (TPSA) is 21.3 Å². The average molecular weight is 221 g/mol. The summed E-state index contributed by atoms with van der Waals surface area (Å²) in [5, 5.41) is 3.46. The molecule has 1 rings (SSSR count). The Balaban J connectivity index is 2.37. The van der Waals surface area contributed by atoms with Gasteiger partial charge in [-0.2, -0.15) is 0 Å². The summed E-state index contributed by atoms with van der Waals surface area (Å²) in [7, 11) is 1.75. The first-order chi connectivity index (χ1) is 7.61. The van der Waals surface area contributed by atoms with E-state index in [9.17, 15) is 0 Å². The Morgan fingerprint density at radius 2 is 1.81 bits per heavy atom. The van der Waals surface area contributed by atoms with Gasteiger partial charge in [-0.25, -0.2) is 0 Å². The fourth-order valence-electron chi connectivity index (χ4n) is 1.98. The van der Waals surface area contributed by atoms with Gasteiger partial charge >= 0.3 is 0 Å². The molecule has 0 saturated carbocycles. The molecule has 0 bridgehead atoms. The van der Waals surface area contributed by atoms with Gasteiger partial charge in [-0.05, 0) is 25.3 Å². The molecule has 1 atom stereocenters. The van der Waals surface area contributed by atoms with E-state index in [2.05, 4.69) is 44.3 Å². The van der Waals surface area contributed by atoms with Crippen molar-refractivity contribution >= 4 is 0 Å². The number of rotatable bonds is 6. The van der Waals surface area contributed by atoms with E-state index in [-0.39, 0.29) is 0 Å². The molecular weight excluding hydrogens is 198 g/mol. The van der Waals surface area contributed by atoms with Gasteiger partial charge in [0.15, 0.2) is 0 Å². The van der Waals surface area contributed by atoms with E-state index in [0.717, 1.165) is 19.7 Å². The maximum atomic E-state index is 5.10. The summed E-state index contributed by atoms with van der Waals surface area (Å²) in [6.07, 6.45) is 0. The van der Waals surface area contributed by atoms with Crippen molar-refractivity contribution in [3.63, 3.8) is 0 Å². The molecule has 1 unspecified atom stereocenters. The molecule has 0 aliphatic rings. The summed E-state index contributed by atoms with van der Waals surface area (Å²) < 4.78 is 5.10. The molecule has 0 amide bonds. The van der Waals surface area contributed by atoms with Crippen LogP contribution in [0.25, 0.3) is 0 Å². The first kappa shape index (κ1) is 13.2. The van der Waals surface area contributed by atoms with Crippen LogP contribution >= 0.6 is 0 Å². The van der Waals surface area contributed by atoms with E-state index >= 15 is 0 Å². The maximum Gasteiger partial charge on any atom is 0.0499 e. The fourth-order valence-corrected chi connectivity index (χ4v) is 1.98. The molecule has 0 aromatic heterocycles. The van der Waals surface area contributed by atoms with Crippen molar-refractivity contribution in [1.82, 2.24) is 5.32 Å². The van der Waals surface area contributed by atoms with Crippen LogP contribution in [0.15, 0.2) is 18.2 Å². The summed E-state index contributed by atoms with van der Waals surface area (Å²) in [6.45, 7) is 9.24. The third kappa shape index (κ3) is 4.77. The highest BCUT2D eigenvalue weighted by molar-refractivity contribution is 5.28. The molecule has 90 valence electrons. The number of aryl methyl sites for hydroxylation is 2. The summed E-state index contributed by atoms with van der Waals surface area (Å²) in [6, 6.07) is 6.68. The monoisotopic (exact) mass is 221 g/mol. The zero-order chi connectivity index (χ0) is 12.0. The Morgan fingerprint density at radius 1 is 1.19 bits per heavy atom. The predicted octanol–water partition coefficient (Wildman–Crippen LogP) is 2.68. The Morgan fingerprint density at radius 3 is 2.38 bits per heavy atom. The Labute approximate surface area is 99.0 Å². The second kappa shape index (κ2) is 6.66. The normalized spacial score (nSPS) is 12.8. The second-order valence-corrected chi connectivity index (χ2v) is 4.69. The maximum absolute atomic E-state index is 5.10. The first-order valence-corrected chi connectivity index (χ1v) is 5.88. The number of nitrogens with one attached hydrogen (secondary N) is 1. The minimum absolute atomic E-state index is 0.566. The van der Waals surface area contributed by atoms with Crippen molar-refractivity contribution in [2.24, 2.45) is 5.92 Å². The second-order valence-electron chi connectivity index (χ2n) is 4.69. The van der Waals surface area contributed by atoms with Crippen molar-refractivity contribution in [1.29, 1.82) is 0 Å². The predicted molar refractivity (Wildman–Crippen MR) is 68.7 cm³/mol. The van der Waals surface area contributed by atoms with Crippen molar-refractivity contribution in [2.75, 3.05) is 20.3 Å². The van der Waals surface area contributed by atoms with E-state index in [4.69, 9.17) is 4.74 Å². The van der Waals surface area contributed by atoms with E-state index < -0.39 is 0 Å². The summed E-state index contributed by atoms with van der Waals surface area (Å²) >= 11 is 0. The minimum Gasteiger partial charge on any atom is -0.384 e. The van der Waals surface area contributed by atoms with Crippen LogP contribution in [0.2, 0.25) is 0 Å². The Hall–Kier alpha value is -0.860. The van der Waals surface area contributed by atoms with Crippen LogP contribution in [-0.2, 0) is 11.3 Å². The summed E-state index contributed by atoms with van der Waals surface area (Å²) in [5.74, 6) is 0.566. The van der Waals surface area contributed by atoms with Crippen LogP contribution in [0.5, 0.6) is 0 Å². The number of ether oxygens (including phenoxy) is 1. The Bertz CT molecular complexity index is 302. The zero-order valence-corrected chi connectivity index (χ0v) is 10.8. The lowest BCUT2D eigenvalue weighted by molar-refractivity contribution is 0.158. The molecule has 0 fully saturated rings. The largest absolute Gasteiger partial charge is 0.384 e. The minimum atomic E-state index is 0.566. The van der Waals surface area contributed by atoms with Crippen molar-refractivity contribution in [3.8, 4) is 0 Å². The summed E-state index contributed by atoms with van der Waals surface area (Å²) in [4.78, 5) is 0. The standard InChI is InChI=1S/C14H23NO/c1-11-5-12(2)7-14(6-11)9-15-8-13(3)10-16-4/h5-7,13,15H,8-10H2,1-4H3. The van der Waals surface area contributed by atoms with E-state index in [1.54, 1.807) is 7.11 Å². The molecule has 0 aliphatic heterocycles. The zero-order valence-electron chi connectivity index (χ0n) is 10.8. The number of hydrogen-bond donors (Lipinski definition) is 1. The van der Waals surface area contributed by atoms with E-state index in [0.29, 0.717) is 5.92 Å². The summed E-state index contributed by atoms with van der Waals surface area (Å²) in [5.41, 5.74) is 4.03. The SMILES string of the molecule is COCC(C)CNCc1cc(C)cc(C)c1. The third-order valence-electron chi connectivity index (χ3n) is 2.55. The lowest BCUT2D eigenvalue weighted by Gasteiger charge is -2.12.